The maximum Gasteiger partial charge on any atom is 0.0973 e. The number of hydrogen-bond donors (Lipinski definition) is 0. The van der Waals surface area contributed by atoms with Gasteiger partial charge in [-0.2, -0.15) is 0 Å². The molecule has 0 radical (unpaired) electrons. The molecule has 0 saturated carbocycles. The van der Waals surface area contributed by atoms with Gasteiger partial charge in [-0.05, 0) is 30.5 Å². The van der Waals surface area contributed by atoms with Crippen LogP contribution in [-0.4, -0.2) is 12.1 Å². The minimum atomic E-state index is 0.601. The lowest BCUT2D eigenvalue weighted by Crippen LogP contribution is -1.92. The minimum absolute atomic E-state index is 0.601. The molecular formula is C14H17NOS. The van der Waals surface area contributed by atoms with Crippen LogP contribution < -0.4 is 0 Å². The van der Waals surface area contributed by atoms with Gasteiger partial charge < -0.3 is 4.74 Å². The number of aryl methyl sites for hydroxylation is 2. The summed E-state index contributed by atoms with van der Waals surface area (Å²) in [5, 5.41) is 3.22. The van der Waals surface area contributed by atoms with Crippen molar-refractivity contribution in [1.82, 2.24) is 4.98 Å². The molecule has 0 N–H and O–H groups in total. The highest BCUT2D eigenvalue weighted by Crippen LogP contribution is 2.17. The third kappa shape index (κ3) is 3.14. The SMILES string of the molecule is COCc1csc(Cc2ccc(C)c(C)c2)n1. The zero-order chi connectivity index (χ0) is 12.3. The highest BCUT2D eigenvalue weighted by Gasteiger charge is 2.04. The molecule has 1 aromatic heterocycles. The Morgan fingerprint density at radius 3 is 2.76 bits per heavy atom. The Balaban J connectivity index is 2.11. The Labute approximate surface area is 106 Å². The van der Waals surface area contributed by atoms with E-state index >= 15 is 0 Å². The number of nitrogens with zero attached hydrogens (tertiary/aromatic N) is 1. The number of ether oxygens (including phenoxy) is 1. The van der Waals surface area contributed by atoms with Crippen molar-refractivity contribution in [2.24, 2.45) is 0 Å². The first kappa shape index (κ1) is 12.3. The molecule has 0 atom stereocenters. The van der Waals surface area contributed by atoms with E-state index in [2.05, 4.69) is 42.4 Å². The second-order valence-electron chi connectivity index (χ2n) is 4.26. The third-order valence-electron chi connectivity index (χ3n) is 2.82. The average Bonchev–Trinajstić information content (AvgIpc) is 2.72. The monoisotopic (exact) mass is 247 g/mol. The van der Waals surface area contributed by atoms with Crippen molar-refractivity contribution in [1.29, 1.82) is 0 Å². The fraction of sp³-hybridized carbons (Fsp3) is 0.357. The van der Waals surface area contributed by atoms with Crippen LogP contribution in [0.5, 0.6) is 0 Å². The average molecular weight is 247 g/mol. The van der Waals surface area contributed by atoms with Crippen molar-refractivity contribution < 1.29 is 4.74 Å². The van der Waals surface area contributed by atoms with Gasteiger partial charge in [0, 0.05) is 18.9 Å². The zero-order valence-electron chi connectivity index (χ0n) is 10.5. The van der Waals surface area contributed by atoms with Gasteiger partial charge in [0.1, 0.15) is 0 Å². The molecule has 17 heavy (non-hydrogen) atoms. The number of benzene rings is 1. The van der Waals surface area contributed by atoms with Gasteiger partial charge in [-0.3, -0.25) is 0 Å². The molecule has 2 aromatic rings. The summed E-state index contributed by atoms with van der Waals surface area (Å²) in [5.41, 5.74) is 5.03. The second kappa shape index (κ2) is 5.43. The zero-order valence-corrected chi connectivity index (χ0v) is 11.3. The standard InChI is InChI=1S/C14H17NOS/c1-10-4-5-12(6-11(10)2)7-14-15-13(8-16-3)9-17-14/h4-6,9H,7-8H2,1-3H3. The van der Waals surface area contributed by atoms with Crippen LogP contribution in [0, 0.1) is 13.8 Å². The molecular weight excluding hydrogens is 230 g/mol. The van der Waals surface area contributed by atoms with Crippen molar-refractivity contribution in [3.05, 3.63) is 51.0 Å². The fourth-order valence-electron chi connectivity index (χ4n) is 1.73. The molecule has 0 aliphatic heterocycles. The van der Waals surface area contributed by atoms with E-state index in [9.17, 15) is 0 Å². The lowest BCUT2D eigenvalue weighted by Gasteiger charge is -2.03. The van der Waals surface area contributed by atoms with Crippen LogP contribution in [-0.2, 0) is 17.8 Å². The highest BCUT2D eigenvalue weighted by molar-refractivity contribution is 7.09. The van der Waals surface area contributed by atoms with E-state index in [-0.39, 0.29) is 0 Å². The predicted octanol–water partition coefficient (Wildman–Crippen LogP) is 3.50. The van der Waals surface area contributed by atoms with Gasteiger partial charge in [-0.1, -0.05) is 18.2 Å². The topological polar surface area (TPSA) is 22.1 Å². The Kier molecular flexibility index (Phi) is 3.92. The van der Waals surface area contributed by atoms with E-state index in [4.69, 9.17) is 4.74 Å². The number of rotatable bonds is 4. The largest absolute Gasteiger partial charge is 0.378 e. The summed E-state index contributed by atoms with van der Waals surface area (Å²) in [6.45, 7) is 4.89. The van der Waals surface area contributed by atoms with E-state index in [1.165, 1.54) is 16.7 Å². The molecule has 2 nitrogen and oxygen atoms in total. The molecule has 0 aliphatic carbocycles. The Bertz CT molecular complexity index is 505. The Hall–Kier alpha value is -1.19. The smallest absolute Gasteiger partial charge is 0.0973 e. The fourth-order valence-corrected chi connectivity index (χ4v) is 2.55. The van der Waals surface area contributed by atoms with Crippen molar-refractivity contribution in [2.75, 3.05) is 7.11 Å². The highest BCUT2D eigenvalue weighted by atomic mass is 32.1. The van der Waals surface area contributed by atoms with E-state index in [0.29, 0.717) is 6.61 Å². The summed E-state index contributed by atoms with van der Waals surface area (Å²) >= 11 is 1.70. The molecule has 0 aliphatic rings. The first-order chi connectivity index (χ1) is 8.19. The summed E-state index contributed by atoms with van der Waals surface area (Å²) in [5.74, 6) is 0. The molecule has 1 heterocycles. The van der Waals surface area contributed by atoms with Crippen LogP contribution in [0.1, 0.15) is 27.4 Å². The molecule has 0 fully saturated rings. The molecule has 2 rings (SSSR count). The number of hydrogen-bond acceptors (Lipinski definition) is 3. The minimum Gasteiger partial charge on any atom is -0.378 e. The van der Waals surface area contributed by atoms with Gasteiger partial charge in [-0.25, -0.2) is 4.98 Å². The van der Waals surface area contributed by atoms with E-state index in [1.807, 2.05) is 0 Å². The van der Waals surface area contributed by atoms with Crippen LogP contribution >= 0.6 is 11.3 Å². The molecule has 0 spiro atoms. The molecule has 0 bridgehead atoms. The summed E-state index contributed by atoms with van der Waals surface area (Å²) < 4.78 is 5.07. The van der Waals surface area contributed by atoms with Gasteiger partial charge in [-0.15, -0.1) is 11.3 Å². The van der Waals surface area contributed by atoms with Crippen molar-refractivity contribution >= 4 is 11.3 Å². The molecule has 1 aromatic carbocycles. The molecule has 0 saturated heterocycles. The Morgan fingerprint density at radius 1 is 1.24 bits per heavy atom. The van der Waals surface area contributed by atoms with Crippen LogP contribution in [0.15, 0.2) is 23.6 Å². The van der Waals surface area contributed by atoms with Crippen LogP contribution in [0.25, 0.3) is 0 Å². The van der Waals surface area contributed by atoms with Crippen molar-refractivity contribution in [3.63, 3.8) is 0 Å². The summed E-state index contributed by atoms with van der Waals surface area (Å²) in [4.78, 5) is 4.54. The maximum absolute atomic E-state index is 5.07. The first-order valence-electron chi connectivity index (χ1n) is 5.67. The normalized spacial score (nSPS) is 10.8. The first-order valence-corrected chi connectivity index (χ1v) is 6.55. The van der Waals surface area contributed by atoms with E-state index in [1.54, 1.807) is 18.4 Å². The van der Waals surface area contributed by atoms with E-state index in [0.717, 1.165) is 17.1 Å². The van der Waals surface area contributed by atoms with Gasteiger partial charge in [0.2, 0.25) is 0 Å². The summed E-state index contributed by atoms with van der Waals surface area (Å²) in [7, 11) is 1.70. The number of methoxy groups -OCH3 is 1. The maximum atomic E-state index is 5.07. The summed E-state index contributed by atoms with van der Waals surface area (Å²) in [6, 6.07) is 6.60. The molecule has 90 valence electrons. The second-order valence-corrected chi connectivity index (χ2v) is 5.20. The third-order valence-corrected chi connectivity index (χ3v) is 3.72. The molecule has 0 amide bonds. The van der Waals surface area contributed by atoms with Crippen LogP contribution in [0.4, 0.5) is 0 Å². The van der Waals surface area contributed by atoms with Crippen LogP contribution in [0.3, 0.4) is 0 Å². The number of thiazole rings is 1. The molecule has 3 heteroatoms. The van der Waals surface area contributed by atoms with Gasteiger partial charge >= 0.3 is 0 Å². The lowest BCUT2D eigenvalue weighted by molar-refractivity contribution is 0.182. The molecule has 0 unspecified atom stereocenters. The lowest BCUT2D eigenvalue weighted by atomic mass is 10.0. The van der Waals surface area contributed by atoms with Crippen molar-refractivity contribution in [3.8, 4) is 0 Å². The quantitative estimate of drug-likeness (QED) is 0.825. The predicted molar refractivity (Wildman–Crippen MR) is 71.5 cm³/mol. The van der Waals surface area contributed by atoms with Crippen LogP contribution in [0.2, 0.25) is 0 Å². The van der Waals surface area contributed by atoms with Gasteiger partial charge in [0.05, 0.1) is 17.3 Å². The van der Waals surface area contributed by atoms with Crippen molar-refractivity contribution in [2.45, 2.75) is 26.9 Å². The van der Waals surface area contributed by atoms with Gasteiger partial charge in [0.15, 0.2) is 0 Å². The summed E-state index contributed by atoms with van der Waals surface area (Å²) in [6.07, 6.45) is 0.912. The Morgan fingerprint density at radius 2 is 2.06 bits per heavy atom. The number of aromatic nitrogens is 1. The van der Waals surface area contributed by atoms with E-state index < -0.39 is 0 Å². The van der Waals surface area contributed by atoms with Gasteiger partial charge in [0.25, 0.3) is 0 Å².